The number of fused-ring (bicyclic) bond motifs is 3. The number of carbonyl (C=O) groups excluding carboxylic acids is 1. The van der Waals surface area contributed by atoms with E-state index in [0.717, 1.165) is 29.9 Å². The molecule has 0 aliphatic carbocycles. The topological polar surface area (TPSA) is 76.4 Å². The molecule has 0 saturated carbocycles. The van der Waals surface area contributed by atoms with Gasteiger partial charge in [-0.15, -0.1) is 0 Å². The Hall–Kier alpha value is -1.49. The summed E-state index contributed by atoms with van der Waals surface area (Å²) in [4.78, 5) is 11.1. The van der Waals surface area contributed by atoms with Crippen LogP contribution in [0.15, 0.2) is 23.1 Å². The molecule has 2 bridgehead atoms. The van der Waals surface area contributed by atoms with Gasteiger partial charge in [-0.25, -0.2) is 5.43 Å². The molecule has 2 unspecified atom stereocenters. The predicted molar refractivity (Wildman–Crippen MR) is 48.5 cm³/mol. The van der Waals surface area contributed by atoms with Gasteiger partial charge < -0.3 is 15.9 Å². The number of hydrazine groups is 1. The molecule has 3 aliphatic rings. The second kappa shape index (κ2) is 2.51. The minimum Gasteiger partial charge on any atom is -0.488 e. The molecule has 3 heterocycles. The van der Waals surface area contributed by atoms with E-state index in [1.807, 2.05) is 6.08 Å². The Labute approximate surface area is 80.9 Å². The van der Waals surface area contributed by atoms with Gasteiger partial charge in [0, 0.05) is 12.8 Å². The maximum Gasteiger partial charge on any atom is 0.240 e. The van der Waals surface area contributed by atoms with Gasteiger partial charge in [0.1, 0.15) is 17.9 Å². The summed E-state index contributed by atoms with van der Waals surface area (Å²) in [6.07, 6.45) is 3.95. The number of primary amides is 1. The van der Waals surface area contributed by atoms with Crippen LogP contribution in [-0.2, 0) is 9.53 Å². The Balaban J connectivity index is 2.00. The second-order valence-electron chi connectivity index (χ2n) is 3.75. The fourth-order valence-corrected chi connectivity index (χ4v) is 2.18. The van der Waals surface area contributed by atoms with Crippen molar-refractivity contribution in [2.24, 2.45) is 5.73 Å². The lowest BCUT2D eigenvalue weighted by Gasteiger charge is -2.21. The highest BCUT2D eigenvalue weighted by atomic mass is 16.5. The van der Waals surface area contributed by atoms with Gasteiger partial charge in [-0.3, -0.25) is 4.79 Å². The molecule has 2 atom stereocenters. The van der Waals surface area contributed by atoms with E-state index < -0.39 is 0 Å². The molecule has 0 fully saturated rings. The van der Waals surface area contributed by atoms with Crippen LogP contribution < -0.4 is 16.6 Å². The maximum absolute atomic E-state index is 11.1. The van der Waals surface area contributed by atoms with Crippen molar-refractivity contribution in [1.82, 2.24) is 10.9 Å². The third kappa shape index (κ3) is 0.899. The lowest BCUT2D eigenvalue weighted by atomic mass is 9.98. The first-order chi connectivity index (χ1) is 6.75. The van der Waals surface area contributed by atoms with Crippen molar-refractivity contribution in [3.63, 3.8) is 0 Å². The van der Waals surface area contributed by atoms with Crippen molar-refractivity contribution in [2.45, 2.75) is 25.0 Å². The zero-order valence-electron chi connectivity index (χ0n) is 7.54. The van der Waals surface area contributed by atoms with E-state index in [-0.39, 0.29) is 18.1 Å². The van der Waals surface area contributed by atoms with Crippen LogP contribution in [0.25, 0.3) is 0 Å². The number of nitrogens with two attached hydrogens (primary N) is 1. The molecule has 0 saturated heterocycles. The van der Waals surface area contributed by atoms with E-state index in [9.17, 15) is 4.79 Å². The minimum absolute atomic E-state index is 0.201. The number of carbonyl (C=O) groups is 1. The lowest BCUT2D eigenvalue weighted by molar-refractivity contribution is -0.119. The van der Waals surface area contributed by atoms with Gasteiger partial charge in [-0.05, 0) is 11.6 Å². The summed E-state index contributed by atoms with van der Waals surface area (Å²) in [6.45, 7) is 0. The molecular weight excluding hydrogens is 182 g/mol. The number of nitrogens with one attached hydrogen (secondary N) is 2. The first-order valence-electron chi connectivity index (χ1n) is 4.67. The van der Waals surface area contributed by atoms with E-state index in [2.05, 4.69) is 10.9 Å². The summed E-state index contributed by atoms with van der Waals surface area (Å²) in [5, 5.41) is 0. The molecule has 14 heavy (non-hydrogen) atoms. The Morgan fingerprint density at radius 1 is 1.64 bits per heavy atom. The van der Waals surface area contributed by atoms with Crippen molar-refractivity contribution >= 4 is 5.91 Å². The van der Waals surface area contributed by atoms with Gasteiger partial charge in [0.25, 0.3) is 0 Å². The van der Waals surface area contributed by atoms with Crippen LogP contribution >= 0.6 is 0 Å². The molecule has 0 radical (unpaired) electrons. The number of hydrogen-bond donors (Lipinski definition) is 3. The molecule has 3 rings (SSSR count). The second-order valence-corrected chi connectivity index (χ2v) is 3.75. The molecule has 5 nitrogen and oxygen atoms in total. The smallest absolute Gasteiger partial charge is 0.240 e. The molecule has 0 aromatic rings. The van der Waals surface area contributed by atoms with Crippen molar-refractivity contribution in [3.8, 4) is 0 Å². The highest BCUT2D eigenvalue weighted by Crippen LogP contribution is 2.37. The molecule has 1 amide bonds. The van der Waals surface area contributed by atoms with Gasteiger partial charge in [-0.1, -0.05) is 0 Å². The zero-order valence-corrected chi connectivity index (χ0v) is 7.54. The molecule has 0 aromatic heterocycles. The fraction of sp³-hybridized carbons (Fsp3) is 0.444. The summed E-state index contributed by atoms with van der Waals surface area (Å²) in [5.74, 6) is 0.511. The fourth-order valence-electron chi connectivity index (χ4n) is 2.18. The Bertz CT molecular complexity index is 372. The molecule has 0 aromatic carbocycles. The summed E-state index contributed by atoms with van der Waals surface area (Å²) >= 11 is 0. The summed E-state index contributed by atoms with van der Waals surface area (Å²) in [6, 6.07) is -0.377. The highest BCUT2D eigenvalue weighted by molar-refractivity contribution is 5.84. The van der Waals surface area contributed by atoms with Gasteiger partial charge in [-0.2, -0.15) is 0 Å². The molecule has 74 valence electrons. The first-order valence-corrected chi connectivity index (χ1v) is 4.67. The lowest BCUT2D eigenvalue weighted by Crippen LogP contribution is -2.42. The predicted octanol–water partition coefficient (Wildman–Crippen LogP) is -0.721. The Morgan fingerprint density at radius 2 is 2.50 bits per heavy atom. The zero-order chi connectivity index (χ0) is 9.71. The van der Waals surface area contributed by atoms with Crippen LogP contribution in [0.3, 0.4) is 0 Å². The van der Waals surface area contributed by atoms with Gasteiger partial charge in [0.05, 0.1) is 5.70 Å². The van der Waals surface area contributed by atoms with Crippen molar-refractivity contribution < 1.29 is 9.53 Å². The number of rotatable bonds is 1. The van der Waals surface area contributed by atoms with Crippen LogP contribution in [0.4, 0.5) is 0 Å². The summed E-state index contributed by atoms with van der Waals surface area (Å²) < 4.78 is 5.59. The van der Waals surface area contributed by atoms with Crippen molar-refractivity contribution in [2.75, 3.05) is 0 Å². The minimum atomic E-state index is -0.377. The SMILES string of the molecule is NC(=O)C1NNC2=C1CC1CC=C2O1. The summed E-state index contributed by atoms with van der Waals surface area (Å²) in [5.41, 5.74) is 13.0. The third-order valence-corrected chi connectivity index (χ3v) is 2.85. The Morgan fingerprint density at radius 3 is 3.29 bits per heavy atom. The molecule has 0 spiro atoms. The average molecular weight is 193 g/mol. The average Bonchev–Trinajstić information content (AvgIpc) is 2.71. The third-order valence-electron chi connectivity index (χ3n) is 2.85. The van der Waals surface area contributed by atoms with Crippen molar-refractivity contribution in [3.05, 3.63) is 23.1 Å². The molecule has 5 heteroatoms. The van der Waals surface area contributed by atoms with E-state index in [4.69, 9.17) is 10.5 Å². The monoisotopic (exact) mass is 193 g/mol. The van der Waals surface area contributed by atoms with E-state index in [0.29, 0.717) is 0 Å². The Kier molecular flexibility index (Phi) is 1.41. The maximum atomic E-state index is 11.1. The van der Waals surface area contributed by atoms with E-state index in [1.54, 1.807) is 0 Å². The van der Waals surface area contributed by atoms with Crippen molar-refractivity contribution in [1.29, 1.82) is 0 Å². The standard InChI is InChI=1S/C9H11N3O2/c10-9(13)8-5-3-4-1-2-6(14-4)7(5)11-12-8/h2,4,8,11-12H,1,3H2,(H2,10,13). The van der Waals surface area contributed by atoms with E-state index in [1.165, 1.54) is 0 Å². The molecule has 4 N–H and O–H groups in total. The van der Waals surface area contributed by atoms with Crippen LogP contribution in [0, 0.1) is 0 Å². The normalized spacial score (nSPS) is 33.3. The molecular formula is C9H11N3O2. The number of ether oxygens (including phenoxy) is 1. The van der Waals surface area contributed by atoms with Gasteiger partial charge in [0.2, 0.25) is 5.91 Å². The first kappa shape index (κ1) is 7.87. The largest absolute Gasteiger partial charge is 0.488 e. The van der Waals surface area contributed by atoms with E-state index >= 15 is 0 Å². The van der Waals surface area contributed by atoms with Gasteiger partial charge >= 0.3 is 0 Å². The van der Waals surface area contributed by atoms with Gasteiger partial charge in [0.15, 0.2) is 0 Å². The molecule has 3 aliphatic heterocycles. The highest BCUT2D eigenvalue weighted by Gasteiger charge is 2.39. The van der Waals surface area contributed by atoms with Crippen LogP contribution in [0.5, 0.6) is 0 Å². The summed E-state index contributed by atoms with van der Waals surface area (Å²) in [7, 11) is 0. The number of hydrogen-bond acceptors (Lipinski definition) is 4. The number of amides is 1. The van der Waals surface area contributed by atoms with Crippen LogP contribution in [0.2, 0.25) is 0 Å². The van der Waals surface area contributed by atoms with Crippen LogP contribution in [0.1, 0.15) is 12.8 Å². The van der Waals surface area contributed by atoms with Crippen LogP contribution in [-0.4, -0.2) is 18.1 Å². The quantitative estimate of drug-likeness (QED) is 0.513.